The number of ether oxygens (including phenoxy) is 1. The van der Waals surface area contributed by atoms with Crippen LogP contribution in [0.5, 0.6) is 5.75 Å². The molecule has 0 radical (unpaired) electrons. The van der Waals surface area contributed by atoms with Crippen molar-refractivity contribution in [2.24, 2.45) is 4.99 Å². The van der Waals surface area contributed by atoms with E-state index in [0.29, 0.717) is 18.3 Å². The molecule has 0 saturated carbocycles. The fourth-order valence-electron chi connectivity index (χ4n) is 2.34. The predicted molar refractivity (Wildman–Crippen MR) is 118 cm³/mol. The average molecular weight is 487 g/mol. The molecule has 0 spiro atoms. The normalized spacial score (nSPS) is 11.7. The number of hydrogen-bond acceptors (Lipinski definition) is 5. The van der Waals surface area contributed by atoms with Gasteiger partial charge in [-0.25, -0.2) is 4.99 Å². The van der Waals surface area contributed by atoms with Crippen LogP contribution in [0.25, 0.3) is 0 Å². The Morgan fingerprint density at radius 2 is 1.96 bits per heavy atom. The molecular formula is C19H30IN5O2. The number of rotatable bonds is 7. The number of hydrogen-bond donors (Lipinski definition) is 2. The molecule has 7 nitrogen and oxygen atoms in total. The van der Waals surface area contributed by atoms with Gasteiger partial charge < -0.3 is 19.9 Å². The summed E-state index contributed by atoms with van der Waals surface area (Å²) in [6.45, 7) is 10.0. The van der Waals surface area contributed by atoms with Gasteiger partial charge in [-0.3, -0.25) is 0 Å². The van der Waals surface area contributed by atoms with Crippen LogP contribution in [-0.2, 0) is 18.4 Å². The van der Waals surface area contributed by atoms with Crippen LogP contribution in [0.15, 0.2) is 33.8 Å². The first-order valence-corrected chi connectivity index (χ1v) is 8.91. The van der Waals surface area contributed by atoms with Gasteiger partial charge in [0.1, 0.15) is 12.3 Å². The Hall–Kier alpha value is -1.84. The Morgan fingerprint density at radius 3 is 2.59 bits per heavy atom. The van der Waals surface area contributed by atoms with Crippen molar-refractivity contribution in [3.63, 3.8) is 0 Å². The van der Waals surface area contributed by atoms with E-state index in [9.17, 15) is 0 Å². The minimum atomic E-state index is -0.160. The highest BCUT2D eigenvalue weighted by molar-refractivity contribution is 14.0. The van der Waals surface area contributed by atoms with Crippen LogP contribution in [0.2, 0.25) is 0 Å². The van der Waals surface area contributed by atoms with Crippen LogP contribution in [0.1, 0.15) is 45.0 Å². The van der Waals surface area contributed by atoms with E-state index < -0.39 is 0 Å². The second-order valence-corrected chi connectivity index (χ2v) is 6.95. The van der Waals surface area contributed by atoms with Gasteiger partial charge >= 0.3 is 0 Å². The van der Waals surface area contributed by atoms with Crippen LogP contribution in [0, 0.1) is 0 Å². The molecule has 0 fully saturated rings. The zero-order valence-corrected chi connectivity index (χ0v) is 19.0. The molecule has 0 bridgehead atoms. The van der Waals surface area contributed by atoms with Crippen LogP contribution in [0.3, 0.4) is 0 Å². The van der Waals surface area contributed by atoms with Crippen molar-refractivity contribution >= 4 is 29.9 Å². The first-order chi connectivity index (χ1) is 12.4. The van der Waals surface area contributed by atoms with E-state index in [0.717, 1.165) is 36.8 Å². The number of aromatic nitrogens is 2. The monoisotopic (exact) mass is 487 g/mol. The average Bonchev–Trinajstić information content (AvgIpc) is 3.09. The van der Waals surface area contributed by atoms with Gasteiger partial charge in [0.25, 0.3) is 0 Å². The molecule has 27 heavy (non-hydrogen) atoms. The van der Waals surface area contributed by atoms with E-state index in [2.05, 4.69) is 31.8 Å². The van der Waals surface area contributed by atoms with Crippen LogP contribution in [0.4, 0.5) is 0 Å². The van der Waals surface area contributed by atoms with Crippen molar-refractivity contribution in [2.75, 3.05) is 20.2 Å². The van der Waals surface area contributed by atoms with Crippen molar-refractivity contribution in [1.82, 2.24) is 20.8 Å². The molecule has 0 aliphatic carbocycles. The highest BCUT2D eigenvalue weighted by Gasteiger charge is 2.21. The predicted octanol–water partition coefficient (Wildman–Crippen LogP) is 3.29. The van der Waals surface area contributed by atoms with Crippen molar-refractivity contribution in [2.45, 2.75) is 46.1 Å². The summed E-state index contributed by atoms with van der Waals surface area (Å²) >= 11 is 0. The van der Waals surface area contributed by atoms with Gasteiger partial charge in [-0.05, 0) is 25.0 Å². The van der Waals surface area contributed by atoms with E-state index in [4.69, 9.17) is 9.26 Å². The lowest BCUT2D eigenvalue weighted by Gasteiger charge is -2.12. The molecule has 150 valence electrons. The number of halogens is 1. The van der Waals surface area contributed by atoms with Crippen molar-refractivity contribution < 1.29 is 9.26 Å². The molecule has 0 atom stereocenters. The molecule has 2 rings (SSSR count). The Bertz CT molecular complexity index is 725. The maximum Gasteiger partial charge on any atom is 0.232 e. The summed E-state index contributed by atoms with van der Waals surface area (Å²) in [5.74, 6) is 2.83. The Morgan fingerprint density at radius 1 is 1.22 bits per heavy atom. The van der Waals surface area contributed by atoms with Crippen molar-refractivity contribution in [1.29, 1.82) is 0 Å². The van der Waals surface area contributed by atoms with E-state index in [-0.39, 0.29) is 29.4 Å². The van der Waals surface area contributed by atoms with Crippen molar-refractivity contribution in [3.8, 4) is 5.75 Å². The summed E-state index contributed by atoms with van der Waals surface area (Å²) < 4.78 is 10.7. The SMILES string of the molecule is CCNC(=NCc1noc(C(C)(C)C)n1)NCCc1ccccc1OC.I. The Balaban J connectivity index is 0.00000364. The van der Waals surface area contributed by atoms with Crippen LogP contribution >= 0.6 is 24.0 Å². The molecule has 1 aromatic heterocycles. The molecule has 0 saturated heterocycles. The second-order valence-electron chi connectivity index (χ2n) is 6.95. The lowest BCUT2D eigenvalue weighted by atomic mass is 9.97. The molecule has 0 unspecified atom stereocenters. The van der Waals surface area contributed by atoms with Gasteiger partial charge in [0, 0.05) is 18.5 Å². The summed E-state index contributed by atoms with van der Waals surface area (Å²) in [7, 11) is 1.69. The summed E-state index contributed by atoms with van der Waals surface area (Å²) in [5.41, 5.74) is 0.998. The number of guanidine groups is 1. The highest BCUT2D eigenvalue weighted by atomic mass is 127. The first-order valence-electron chi connectivity index (χ1n) is 8.91. The van der Waals surface area contributed by atoms with Gasteiger partial charge in [-0.1, -0.05) is 44.1 Å². The van der Waals surface area contributed by atoms with Gasteiger partial charge in [0.15, 0.2) is 11.8 Å². The zero-order chi connectivity index (χ0) is 19.0. The molecule has 0 amide bonds. The van der Waals surface area contributed by atoms with Crippen molar-refractivity contribution in [3.05, 3.63) is 41.5 Å². The number of para-hydroxylation sites is 1. The summed E-state index contributed by atoms with van der Waals surface area (Å²) in [6.07, 6.45) is 0.838. The van der Waals surface area contributed by atoms with E-state index in [1.54, 1.807) is 7.11 Å². The number of nitrogens with one attached hydrogen (secondary N) is 2. The summed E-state index contributed by atoms with van der Waals surface area (Å²) in [5, 5.41) is 10.6. The quantitative estimate of drug-likeness (QED) is 0.354. The third kappa shape index (κ3) is 7.36. The van der Waals surface area contributed by atoms with Crippen LogP contribution in [-0.4, -0.2) is 36.3 Å². The molecule has 2 aromatic rings. The Kier molecular flexibility index (Phi) is 9.54. The number of nitrogens with zero attached hydrogens (tertiary/aromatic N) is 3. The fourth-order valence-corrected chi connectivity index (χ4v) is 2.34. The molecule has 0 aliphatic heterocycles. The third-order valence-corrected chi connectivity index (χ3v) is 3.71. The summed E-state index contributed by atoms with van der Waals surface area (Å²) in [6, 6.07) is 8.02. The highest BCUT2D eigenvalue weighted by Crippen LogP contribution is 2.19. The smallest absolute Gasteiger partial charge is 0.232 e. The molecule has 8 heteroatoms. The maximum absolute atomic E-state index is 5.38. The number of methoxy groups -OCH3 is 1. The second kappa shape index (κ2) is 11.1. The maximum atomic E-state index is 5.38. The first kappa shape index (κ1) is 23.2. The topological polar surface area (TPSA) is 84.6 Å². The van der Waals surface area contributed by atoms with Gasteiger partial charge in [0.2, 0.25) is 5.89 Å². The van der Waals surface area contributed by atoms with Crippen LogP contribution < -0.4 is 15.4 Å². The number of benzene rings is 1. The minimum absolute atomic E-state index is 0. The van der Waals surface area contributed by atoms with E-state index >= 15 is 0 Å². The molecule has 1 heterocycles. The fraction of sp³-hybridized carbons (Fsp3) is 0.526. The largest absolute Gasteiger partial charge is 0.496 e. The Labute approximate surface area is 178 Å². The molecule has 1 aromatic carbocycles. The lowest BCUT2D eigenvalue weighted by Crippen LogP contribution is -2.38. The van der Waals surface area contributed by atoms with Gasteiger partial charge in [0.05, 0.1) is 7.11 Å². The molecular weight excluding hydrogens is 457 g/mol. The minimum Gasteiger partial charge on any atom is -0.496 e. The van der Waals surface area contributed by atoms with Gasteiger partial charge in [-0.15, -0.1) is 24.0 Å². The van der Waals surface area contributed by atoms with E-state index in [1.807, 2.05) is 45.9 Å². The summed E-state index contributed by atoms with van der Waals surface area (Å²) in [4.78, 5) is 8.94. The third-order valence-electron chi connectivity index (χ3n) is 3.71. The lowest BCUT2D eigenvalue weighted by molar-refractivity contribution is 0.318. The zero-order valence-electron chi connectivity index (χ0n) is 16.7. The number of aliphatic imine (C=N–C) groups is 1. The molecule has 2 N–H and O–H groups in total. The molecule has 0 aliphatic rings. The van der Waals surface area contributed by atoms with Gasteiger partial charge in [-0.2, -0.15) is 4.98 Å². The standard InChI is InChI=1S/C19H29N5O2.HI/c1-6-20-18(21-12-11-14-9-7-8-10-15(14)25-5)22-13-16-23-17(26-24-16)19(2,3)4;/h7-10H,6,11-13H2,1-5H3,(H2,20,21,22);1H. The van der Waals surface area contributed by atoms with E-state index in [1.165, 1.54) is 0 Å².